The molecule has 0 aromatic heterocycles. The molecule has 0 saturated heterocycles. The van der Waals surface area contributed by atoms with Crippen LogP contribution in [0.4, 0.5) is 4.79 Å². The maximum Gasteiger partial charge on any atom is 0.407 e. The number of nitrogens with one attached hydrogen (secondary N) is 1. The number of amides is 1. The van der Waals surface area contributed by atoms with Gasteiger partial charge >= 0.3 is 12.1 Å². The lowest BCUT2D eigenvalue weighted by Crippen LogP contribution is -2.28. The highest BCUT2D eigenvalue weighted by atomic mass is 16.5. The lowest BCUT2D eigenvalue weighted by Gasteiger charge is -2.14. The SMILES string of the molecule is C=CCOC(=O)CCNC(=O)OCC1c2ccccc2-c2ccccc21. The summed E-state index contributed by atoms with van der Waals surface area (Å²) in [4.78, 5) is 23.3. The van der Waals surface area contributed by atoms with Crippen molar-refractivity contribution >= 4 is 12.1 Å². The Labute approximate surface area is 152 Å². The van der Waals surface area contributed by atoms with Gasteiger partial charge in [0.1, 0.15) is 13.2 Å². The maximum atomic E-state index is 11.9. The van der Waals surface area contributed by atoms with Gasteiger partial charge in [0.15, 0.2) is 0 Å². The summed E-state index contributed by atoms with van der Waals surface area (Å²) >= 11 is 0. The molecule has 0 aliphatic heterocycles. The van der Waals surface area contributed by atoms with E-state index in [4.69, 9.17) is 9.47 Å². The Morgan fingerprint density at radius 2 is 1.62 bits per heavy atom. The van der Waals surface area contributed by atoms with Crippen LogP contribution < -0.4 is 5.32 Å². The zero-order valence-corrected chi connectivity index (χ0v) is 14.4. The van der Waals surface area contributed by atoms with Crippen molar-refractivity contribution < 1.29 is 19.1 Å². The van der Waals surface area contributed by atoms with Crippen molar-refractivity contribution in [3.63, 3.8) is 0 Å². The maximum absolute atomic E-state index is 11.9. The fraction of sp³-hybridized carbons (Fsp3) is 0.238. The zero-order chi connectivity index (χ0) is 18.4. The largest absolute Gasteiger partial charge is 0.461 e. The molecule has 26 heavy (non-hydrogen) atoms. The molecule has 1 aliphatic rings. The van der Waals surface area contributed by atoms with Gasteiger partial charge in [0.25, 0.3) is 0 Å². The number of carbonyl (C=O) groups is 2. The topological polar surface area (TPSA) is 64.6 Å². The summed E-state index contributed by atoms with van der Waals surface area (Å²) in [5, 5.41) is 2.57. The van der Waals surface area contributed by atoms with Crippen LogP contribution in [0.2, 0.25) is 0 Å². The fourth-order valence-corrected chi connectivity index (χ4v) is 3.14. The second-order valence-electron chi connectivity index (χ2n) is 5.97. The molecule has 3 rings (SSSR count). The average Bonchev–Trinajstić information content (AvgIpc) is 2.99. The van der Waals surface area contributed by atoms with E-state index in [1.54, 1.807) is 0 Å². The van der Waals surface area contributed by atoms with E-state index in [2.05, 4.69) is 36.2 Å². The monoisotopic (exact) mass is 351 g/mol. The highest BCUT2D eigenvalue weighted by Crippen LogP contribution is 2.44. The van der Waals surface area contributed by atoms with Crippen LogP contribution in [0.5, 0.6) is 0 Å². The molecular formula is C21H21NO4. The standard InChI is InChI=1S/C21H21NO4/c1-2-13-25-20(23)11-12-22-21(24)26-14-19-17-9-5-3-7-15(17)16-8-4-6-10-18(16)19/h2-10,19H,1,11-14H2,(H,22,24). The summed E-state index contributed by atoms with van der Waals surface area (Å²) in [7, 11) is 0. The van der Waals surface area contributed by atoms with E-state index in [9.17, 15) is 9.59 Å². The number of carbonyl (C=O) groups excluding carboxylic acids is 2. The second-order valence-corrected chi connectivity index (χ2v) is 5.97. The third-order valence-electron chi connectivity index (χ3n) is 4.30. The minimum atomic E-state index is -0.539. The molecule has 5 heteroatoms. The molecule has 2 aromatic rings. The van der Waals surface area contributed by atoms with Crippen molar-refractivity contribution in [3.8, 4) is 11.1 Å². The van der Waals surface area contributed by atoms with Crippen LogP contribution in [-0.2, 0) is 14.3 Å². The predicted molar refractivity (Wildman–Crippen MR) is 98.8 cm³/mol. The van der Waals surface area contributed by atoms with Crippen LogP contribution in [0, 0.1) is 0 Å². The van der Waals surface area contributed by atoms with Gasteiger partial charge in [-0.2, -0.15) is 0 Å². The molecule has 1 N–H and O–H groups in total. The Morgan fingerprint density at radius 3 is 2.23 bits per heavy atom. The highest BCUT2D eigenvalue weighted by molar-refractivity contribution is 5.79. The molecule has 0 heterocycles. The third-order valence-corrected chi connectivity index (χ3v) is 4.30. The summed E-state index contributed by atoms with van der Waals surface area (Å²) < 4.78 is 10.2. The van der Waals surface area contributed by atoms with Crippen LogP contribution in [0.25, 0.3) is 11.1 Å². The van der Waals surface area contributed by atoms with Crippen molar-refractivity contribution in [1.29, 1.82) is 0 Å². The van der Waals surface area contributed by atoms with Gasteiger partial charge in [0.2, 0.25) is 0 Å². The Balaban J connectivity index is 1.54. The normalized spacial score (nSPS) is 12.0. The Morgan fingerprint density at radius 1 is 1.00 bits per heavy atom. The number of hydrogen-bond donors (Lipinski definition) is 1. The van der Waals surface area contributed by atoms with Crippen LogP contribution in [0.15, 0.2) is 61.2 Å². The minimum absolute atomic E-state index is 0.0192. The lowest BCUT2D eigenvalue weighted by molar-refractivity contribution is -0.142. The van der Waals surface area contributed by atoms with Gasteiger partial charge < -0.3 is 14.8 Å². The average molecular weight is 351 g/mol. The molecule has 0 unspecified atom stereocenters. The van der Waals surface area contributed by atoms with Crippen molar-refractivity contribution in [2.24, 2.45) is 0 Å². The Kier molecular flexibility index (Phi) is 5.69. The molecular weight excluding hydrogens is 330 g/mol. The van der Waals surface area contributed by atoms with Gasteiger partial charge in [0, 0.05) is 12.5 Å². The first kappa shape index (κ1) is 17.7. The first-order valence-electron chi connectivity index (χ1n) is 8.56. The van der Waals surface area contributed by atoms with Gasteiger partial charge in [-0.1, -0.05) is 61.2 Å². The molecule has 0 fully saturated rings. The number of fused-ring (bicyclic) bond motifs is 3. The van der Waals surface area contributed by atoms with Crippen LogP contribution >= 0.6 is 0 Å². The van der Waals surface area contributed by atoms with Gasteiger partial charge in [-0.3, -0.25) is 4.79 Å². The van der Waals surface area contributed by atoms with E-state index in [-0.39, 0.29) is 38.1 Å². The van der Waals surface area contributed by atoms with E-state index in [0.717, 1.165) is 11.1 Å². The molecule has 5 nitrogen and oxygen atoms in total. The van der Waals surface area contributed by atoms with Gasteiger partial charge in [-0.05, 0) is 22.3 Å². The van der Waals surface area contributed by atoms with Crippen LogP contribution in [-0.4, -0.2) is 31.8 Å². The van der Waals surface area contributed by atoms with E-state index < -0.39 is 6.09 Å². The van der Waals surface area contributed by atoms with E-state index in [1.165, 1.54) is 17.2 Å². The number of benzene rings is 2. The van der Waals surface area contributed by atoms with Crippen molar-refractivity contribution in [2.75, 3.05) is 19.8 Å². The molecule has 0 bridgehead atoms. The molecule has 0 saturated carbocycles. The zero-order valence-electron chi connectivity index (χ0n) is 14.4. The smallest absolute Gasteiger partial charge is 0.407 e. The summed E-state index contributed by atoms with van der Waals surface area (Å²) in [6.45, 7) is 4.06. The second kappa shape index (κ2) is 8.34. The predicted octanol–water partition coefficient (Wildman–Crippen LogP) is 3.64. The molecule has 0 spiro atoms. The van der Waals surface area contributed by atoms with Gasteiger partial charge in [-0.15, -0.1) is 0 Å². The third kappa shape index (κ3) is 3.94. The number of ether oxygens (including phenoxy) is 2. The number of rotatable bonds is 7. The van der Waals surface area contributed by atoms with Crippen LogP contribution in [0.3, 0.4) is 0 Å². The quantitative estimate of drug-likeness (QED) is 0.611. The Hall–Kier alpha value is -3.08. The highest BCUT2D eigenvalue weighted by Gasteiger charge is 2.28. The molecule has 0 radical (unpaired) electrons. The summed E-state index contributed by atoms with van der Waals surface area (Å²) in [5.41, 5.74) is 4.69. The molecule has 134 valence electrons. The first-order valence-corrected chi connectivity index (χ1v) is 8.56. The number of hydrogen-bond acceptors (Lipinski definition) is 4. The van der Waals surface area contributed by atoms with Crippen molar-refractivity contribution in [1.82, 2.24) is 5.32 Å². The summed E-state index contributed by atoms with van der Waals surface area (Å²) in [6, 6.07) is 16.3. The minimum Gasteiger partial charge on any atom is -0.461 e. The van der Waals surface area contributed by atoms with E-state index in [1.807, 2.05) is 24.3 Å². The number of esters is 1. The molecule has 2 aromatic carbocycles. The van der Waals surface area contributed by atoms with Crippen molar-refractivity contribution in [2.45, 2.75) is 12.3 Å². The summed E-state index contributed by atoms with van der Waals surface area (Å²) in [6.07, 6.45) is 1.05. The first-order chi connectivity index (χ1) is 12.7. The van der Waals surface area contributed by atoms with E-state index in [0.29, 0.717) is 0 Å². The molecule has 0 atom stereocenters. The molecule has 1 amide bonds. The van der Waals surface area contributed by atoms with E-state index >= 15 is 0 Å². The van der Waals surface area contributed by atoms with Gasteiger partial charge in [-0.25, -0.2) is 4.79 Å². The van der Waals surface area contributed by atoms with Gasteiger partial charge in [0.05, 0.1) is 6.42 Å². The van der Waals surface area contributed by atoms with Crippen molar-refractivity contribution in [3.05, 3.63) is 72.3 Å². The number of alkyl carbamates (subject to hydrolysis) is 1. The lowest BCUT2D eigenvalue weighted by atomic mass is 9.98. The molecule has 1 aliphatic carbocycles. The fourth-order valence-electron chi connectivity index (χ4n) is 3.14. The summed E-state index contributed by atoms with van der Waals surface area (Å²) in [5.74, 6) is -0.366. The Bertz CT molecular complexity index is 770. The van der Waals surface area contributed by atoms with Crippen LogP contribution in [0.1, 0.15) is 23.5 Å².